The highest BCUT2D eigenvalue weighted by Crippen LogP contribution is 2.48. The minimum absolute atomic E-state index is 0.0408. The van der Waals surface area contributed by atoms with Crippen LogP contribution in [0.15, 0.2) is 18.3 Å². The molecule has 1 N–H and O–H groups in total. The smallest absolute Gasteiger partial charge is 0.307 e. The molecule has 0 radical (unpaired) electrons. The summed E-state index contributed by atoms with van der Waals surface area (Å²) in [7, 11) is 0. The molecule has 2 heterocycles. The molecule has 0 aromatic carbocycles. The van der Waals surface area contributed by atoms with E-state index in [1.54, 1.807) is 6.20 Å². The molecule has 2 unspecified atom stereocenters. The van der Waals surface area contributed by atoms with Crippen molar-refractivity contribution < 1.29 is 9.90 Å². The van der Waals surface area contributed by atoms with Crippen molar-refractivity contribution in [3.63, 3.8) is 0 Å². The summed E-state index contributed by atoms with van der Waals surface area (Å²) in [4.78, 5) is 19.9. The number of pyridine rings is 1. The molecule has 0 bridgehead atoms. The van der Waals surface area contributed by atoms with E-state index in [-0.39, 0.29) is 17.9 Å². The van der Waals surface area contributed by atoms with Crippen LogP contribution in [0, 0.1) is 5.92 Å². The minimum atomic E-state index is -0.727. The van der Waals surface area contributed by atoms with Gasteiger partial charge in [0.1, 0.15) is 11.3 Å². The maximum atomic E-state index is 11.0. The van der Waals surface area contributed by atoms with Crippen LogP contribution < -0.4 is 0 Å². The van der Waals surface area contributed by atoms with Gasteiger partial charge in [-0.1, -0.05) is 0 Å². The summed E-state index contributed by atoms with van der Waals surface area (Å²) in [5.41, 5.74) is 1.69. The van der Waals surface area contributed by atoms with E-state index in [0.717, 1.165) is 17.0 Å². The normalized spacial score (nSPS) is 22.6. The second-order valence-corrected chi connectivity index (χ2v) is 5.07. The zero-order chi connectivity index (χ0) is 12.9. The number of rotatable bonds is 3. The van der Waals surface area contributed by atoms with Gasteiger partial charge in [0.25, 0.3) is 0 Å². The largest absolute Gasteiger partial charge is 0.481 e. The van der Waals surface area contributed by atoms with E-state index in [9.17, 15) is 4.79 Å². The van der Waals surface area contributed by atoms with Gasteiger partial charge in [-0.25, -0.2) is 9.97 Å². The van der Waals surface area contributed by atoms with Gasteiger partial charge in [-0.2, -0.15) is 0 Å². The fourth-order valence-electron chi connectivity index (χ4n) is 2.47. The lowest BCUT2D eigenvalue weighted by Crippen LogP contribution is -2.08. The first-order valence-corrected chi connectivity index (χ1v) is 6.15. The Morgan fingerprint density at radius 3 is 2.94 bits per heavy atom. The highest BCUT2D eigenvalue weighted by molar-refractivity contribution is 5.76. The number of hydrogen-bond acceptors (Lipinski definition) is 3. The summed E-state index contributed by atoms with van der Waals surface area (Å²) < 4.78 is 2.06. The first-order valence-electron chi connectivity index (χ1n) is 6.15. The third kappa shape index (κ3) is 1.58. The Bertz CT molecular complexity index is 618. The number of carboxylic acids is 1. The average Bonchev–Trinajstić information content (AvgIpc) is 3.02. The Morgan fingerprint density at radius 1 is 1.56 bits per heavy atom. The topological polar surface area (TPSA) is 68.0 Å². The van der Waals surface area contributed by atoms with E-state index >= 15 is 0 Å². The quantitative estimate of drug-likeness (QED) is 0.900. The third-order valence-corrected chi connectivity index (χ3v) is 3.43. The Kier molecular flexibility index (Phi) is 2.36. The molecule has 2 aromatic heterocycles. The molecule has 0 spiro atoms. The highest BCUT2D eigenvalue weighted by Gasteiger charge is 2.47. The molecule has 0 aliphatic heterocycles. The van der Waals surface area contributed by atoms with E-state index in [2.05, 4.69) is 28.4 Å². The van der Waals surface area contributed by atoms with Crippen molar-refractivity contribution in [1.82, 2.24) is 14.5 Å². The summed E-state index contributed by atoms with van der Waals surface area (Å²) >= 11 is 0. The zero-order valence-corrected chi connectivity index (χ0v) is 10.4. The van der Waals surface area contributed by atoms with Gasteiger partial charge in [0.2, 0.25) is 0 Å². The van der Waals surface area contributed by atoms with Gasteiger partial charge in [0, 0.05) is 18.2 Å². The lowest BCUT2D eigenvalue weighted by molar-refractivity contribution is -0.138. The molecule has 1 saturated carbocycles. The van der Waals surface area contributed by atoms with Crippen LogP contribution >= 0.6 is 0 Å². The number of hydrogen-bond donors (Lipinski definition) is 1. The van der Waals surface area contributed by atoms with Gasteiger partial charge in [-0.3, -0.25) is 4.79 Å². The number of fused-ring (bicyclic) bond motifs is 1. The summed E-state index contributed by atoms with van der Waals surface area (Å²) in [6.07, 6.45) is 2.43. The third-order valence-electron chi connectivity index (χ3n) is 3.43. The average molecular weight is 245 g/mol. The van der Waals surface area contributed by atoms with Crippen molar-refractivity contribution in [2.75, 3.05) is 0 Å². The Balaban J connectivity index is 2.12. The van der Waals surface area contributed by atoms with Crippen LogP contribution in [0.5, 0.6) is 0 Å². The van der Waals surface area contributed by atoms with Crippen LogP contribution in [0.3, 0.4) is 0 Å². The van der Waals surface area contributed by atoms with Crippen LogP contribution in [0.1, 0.15) is 38.1 Å². The number of carbonyl (C=O) groups is 1. The summed E-state index contributed by atoms with van der Waals surface area (Å²) in [5.74, 6) is -0.0974. The molecule has 5 nitrogen and oxygen atoms in total. The second-order valence-electron chi connectivity index (χ2n) is 5.07. The van der Waals surface area contributed by atoms with E-state index in [1.165, 1.54) is 0 Å². The van der Waals surface area contributed by atoms with Crippen LogP contribution in [0.25, 0.3) is 11.2 Å². The van der Waals surface area contributed by atoms with Gasteiger partial charge in [-0.15, -0.1) is 0 Å². The van der Waals surface area contributed by atoms with Crippen LogP contribution in [0.4, 0.5) is 0 Å². The molecular formula is C13H15N3O2. The zero-order valence-electron chi connectivity index (χ0n) is 10.4. The van der Waals surface area contributed by atoms with Crippen molar-refractivity contribution in [2.45, 2.75) is 32.2 Å². The Hall–Kier alpha value is -1.91. The molecule has 3 rings (SSSR count). The Morgan fingerprint density at radius 2 is 2.33 bits per heavy atom. The summed E-state index contributed by atoms with van der Waals surface area (Å²) in [5, 5.41) is 9.04. The van der Waals surface area contributed by atoms with E-state index in [0.29, 0.717) is 6.42 Å². The molecule has 5 heteroatoms. The van der Waals surface area contributed by atoms with Gasteiger partial charge in [-0.05, 0) is 32.4 Å². The molecule has 2 aromatic rings. The van der Waals surface area contributed by atoms with Crippen molar-refractivity contribution in [3.8, 4) is 0 Å². The molecule has 18 heavy (non-hydrogen) atoms. The van der Waals surface area contributed by atoms with Gasteiger partial charge in [0.05, 0.1) is 5.92 Å². The predicted octanol–water partition coefficient (Wildman–Crippen LogP) is 2.20. The molecule has 2 atom stereocenters. The lowest BCUT2D eigenvalue weighted by atomic mass is 10.3. The number of imidazole rings is 1. The number of aromatic nitrogens is 3. The van der Waals surface area contributed by atoms with Crippen molar-refractivity contribution in [2.24, 2.45) is 5.92 Å². The minimum Gasteiger partial charge on any atom is -0.481 e. The standard InChI is InChI=1S/C13H15N3O2/c1-7(2)16-11(8-6-9(8)13(17)18)15-10-4-3-5-14-12(10)16/h3-5,7-9H,6H2,1-2H3,(H,17,18). The number of nitrogens with zero attached hydrogens (tertiary/aromatic N) is 3. The maximum Gasteiger partial charge on any atom is 0.307 e. The van der Waals surface area contributed by atoms with E-state index < -0.39 is 5.97 Å². The van der Waals surface area contributed by atoms with Crippen molar-refractivity contribution >= 4 is 17.1 Å². The first-order chi connectivity index (χ1) is 8.59. The number of carboxylic acid groups (broad SMARTS) is 1. The van der Waals surface area contributed by atoms with E-state index in [4.69, 9.17) is 5.11 Å². The van der Waals surface area contributed by atoms with Crippen LogP contribution in [-0.4, -0.2) is 25.6 Å². The first kappa shape index (κ1) is 11.2. The van der Waals surface area contributed by atoms with Crippen LogP contribution in [-0.2, 0) is 4.79 Å². The Labute approximate surface area is 104 Å². The highest BCUT2D eigenvalue weighted by atomic mass is 16.4. The fraction of sp³-hybridized carbons (Fsp3) is 0.462. The van der Waals surface area contributed by atoms with Gasteiger partial charge >= 0.3 is 5.97 Å². The number of aliphatic carboxylic acids is 1. The van der Waals surface area contributed by atoms with Crippen molar-refractivity contribution in [1.29, 1.82) is 0 Å². The molecule has 1 fully saturated rings. The van der Waals surface area contributed by atoms with Gasteiger partial charge in [0.15, 0.2) is 5.65 Å². The molecule has 1 aliphatic carbocycles. The van der Waals surface area contributed by atoms with Gasteiger partial charge < -0.3 is 9.67 Å². The monoisotopic (exact) mass is 245 g/mol. The SMILES string of the molecule is CC(C)n1c(C2CC2C(=O)O)nc2cccnc21. The van der Waals surface area contributed by atoms with E-state index in [1.807, 2.05) is 12.1 Å². The lowest BCUT2D eigenvalue weighted by Gasteiger charge is -2.11. The maximum absolute atomic E-state index is 11.0. The molecule has 1 aliphatic rings. The van der Waals surface area contributed by atoms with Crippen molar-refractivity contribution in [3.05, 3.63) is 24.2 Å². The molecular weight excluding hydrogens is 230 g/mol. The second kappa shape index (κ2) is 3.80. The van der Waals surface area contributed by atoms with Crippen LogP contribution in [0.2, 0.25) is 0 Å². The fourth-order valence-corrected chi connectivity index (χ4v) is 2.47. The summed E-state index contributed by atoms with van der Waals surface area (Å²) in [6, 6.07) is 4.00. The predicted molar refractivity (Wildman–Crippen MR) is 66.4 cm³/mol. The molecule has 94 valence electrons. The summed E-state index contributed by atoms with van der Waals surface area (Å²) in [6.45, 7) is 4.13. The molecule has 0 saturated heterocycles. The molecule has 0 amide bonds.